The number of fused-ring (bicyclic) bond motifs is 3. The summed E-state index contributed by atoms with van der Waals surface area (Å²) >= 11 is 0. The number of carboxylic acid groups (broad SMARTS) is 1. The molecule has 3 aliphatic rings. The molecule has 2 heteroatoms. The first kappa shape index (κ1) is 16.8. The Morgan fingerprint density at radius 2 is 1.96 bits per heavy atom. The maximum atomic E-state index is 12.0. The van der Waals surface area contributed by atoms with Gasteiger partial charge in [-0.3, -0.25) is 4.79 Å². The Morgan fingerprint density at radius 1 is 1.22 bits per heavy atom. The first-order chi connectivity index (χ1) is 10.8. The lowest BCUT2D eigenvalue weighted by atomic mass is 9.45. The van der Waals surface area contributed by atoms with Gasteiger partial charge in [-0.25, -0.2) is 0 Å². The van der Waals surface area contributed by atoms with E-state index in [-0.39, 0.29) is 10.8 Å². The number of aliphatic carboxylic acids is 1. The summed E-state index contributed by atoms with van der Waals surface area (Å²) in [5, 5.41) is 9.88. The molecule has 0 saturated heterocycles. The van der Waals surface area contributed by atoms with Crippen LogP contribution in [0.2, 0.25) is 0 Å². The summed E-state index contributed by atoms with van der Waals surface area (Å²) in [4.78, 5) is 12.0. The molecule has 0 aromatic carbocycles. The second kappa shape index (κ2) is 5.50. The van der Waals surface area contributed by atoms with E-state index < -0.39 is 11.4 Å². The zero-order valence-electron chi connectivity index (χ0n) is 15.2. The molecule has 23 heavy (non-hydrogen) atoms. The Kier molecular flexibility index (Phi) is 4.01. The molecule has 2 nitrogen and oxygen atoms in total. The topological polar surface area (TPSA) is 37.3 Å². The van der Waals surface area contributed by atoms with Crippen molar-refractivity contribution in [3.63, 3.8) is 0 Å². The van der Waals surface area contributed by atoms with Gasteiger partial charge in [0.25, 0.3) is 0 Å². The van der Waals surface area contributed by atoms with Crippen molar-refractivity contribution in [2.45, 2.75) is 72.6 Å². The Labute approximate surface area is 141 Å². The van der Waals surface area contributed by atoms with Gasteiger partial charge in [-0.2, -0.15) is 0 Å². The molecule has 0 radical (unpaired) electrons. The van der Waals surface area contributed by atoms with Crippen molar-refractivity contribution in [1.82, 2.24) is 0 Å². The van der Waals surface area contributed by atoms with Gasteiger partial charge in [-0.1, -0.05) is 44.1 Å². The maximum Gasteiger partial charge on any atom is 0.309 e. The molecule has 0 amide bonds. The average molecular weight is 316 g/mol. The normalized spacial score (nSPS) is 46.9. The van der Waals surface area contributed by atoms with Crippen LogP contribution in [0.5, 0.6) is 0 Å². The van der Waals surface area contributed by atoms with Crippen LogP contribution in [0.25, 0.3) is 0 Å². The van der Waals surface area contributed by atoms with Gasteiger partial charge in [0.15, 0.2) is 0 Å². The number of carbonyl (C=O) groups is 1. The third-order valence-corrected chi connectivity index (χ3v) is 7.46. The van der Waals surface area contributed by atoms with E-state index >= 15 is 0 Å². The van der Waals surface area contributed by atoms with Gasteiger partial charge < -0.3 is 5.11 Å². The fourth-order valence-corrected chi connectivity index (χ4v) is 6.29. The predicted octanol–water partition coefficient (Wildman–Crippen LogP) is 5.60. The SMILES string of the molecule is C/C=C\C1(C)C=C2CCC3C(C)(C(=O)O)CCCC3(C)C2CC1. The van der Waals surface area contributed by atoms with Gasteiger partial charge in [0.2, 0.25) is 0 Å². The standard InChI is InChI=1S/C21H32O2/c1-5-10-19(2)13-9-16-15(14-19)7-8-17-20(16,3)11-6-12-21(17,4)18(22)23/h5,10,14,16-17H,6-9,11-13H2,1-4H3,(H,22,23)/b10-5-. The number of rotatable bonds is 2. The Morgan fingerprint density at radius 3 is 2.61 bits per heavy atom. The lowest BCUT2D eigenvalue weighted by Gasteiger charge is -2.59. The number of hydrogen-bond acceptors (Lipinski definition) is 1. The summed E-state index contributed by atoms with van der Waals surface area (Å²) in [6, 6.07) is 0. The molecule has 0 aliphatic heterocycles. The van der Waals surface area contributed by atoms with Crippen molar-refractivity contribution in [3.8, 4) is 0 Å². The summed E-state index contributed by atoms with van der Waals surface area (Å²) < 4.78 is 0. The molecule has 128 valence electrons. The fraction of sp³-hybridized carbons (Fsp3) is 0.762. The van der Waals surface area contributed by atoms with E-state index in [1.54, 1.807) is 5.57 Å². The maximum absolute atomic E-state index is 12.0. The minimum absolute atomic E-state index is 0.173. The average Bonchev–Trinajstić information content (AvgIpc) is 2.46. The van der Waals surface area contributed by atoms with Gasteiger partial charge >= 0.3 is 5.97 Å². The second-order valence-corrected chi connectivity index (χ2v) is 8.99. The molecule has 0 bridgehead atoms. The highest BCUT2D eigenvalue weighted by molar-refractivity contribution is 5.75. The number of hydrogen-bond donors (Lipinski definition) is 1. The quantitative estimate of drug-likeness (QED) is 0.674. The molecule has 5 atom stereocenters. The smallest absolute Gasteiger partial charge is 0.309 e. The molecule has 0 heterocycles. The van der Waals surface area contributed by atoms with Crippen LogP contribution in [-0.4, -0.2) is 11.1 Å². The second-order valence-electron chi connectivity index (χ2n) is 8.99. The molecule has 3 aliphatic carbocycles. The van der Waals surface area contributed by atoms with Crippen LogP contribution in [0.3, 0.4) is 0 Å². The minimum atomic E-state index is -0.574. The monoisotopic (exact) mass is 316 g/mol. The van der Waals surface area contributed by atoms with E-state index in [1.165, 1.54) is 19.3 Å². The highest BCUT2D eigenvalue weighted by Gasteiger charge is 2.58. The molecular formula is C21H32O2. The molecule has 2 saturated carbocycles. The van der Waals surface area contributed by atoms with Gasteiger partial charge in [0, 0.05) is 5.41 Å². The lowest BCUT2D eigenvalue weighted by molar-refractivity contribution is -0.164. The minimum Gasteiger partial charge on any atom is -0.481 e. The van der Waals surface area contributed by atoms with Gasteiger partial charge in [-0.15, -0.1) is 0 Å². The van der Waals surface area contributed by atoms with Crippen LogP contribution in [0, 0.1) is 28.1 Å². The van der Waals surface area contributed by atoms with Crippen LogP contribution in [0.1, 0.15) is 72.6 Å². The summed E-state index contributed by atoms with van der Waals surface area (Å²) in [7, 11) is 0. The predicted molar refractivity (Wildman–Crippen MR) is 94.2 cm³/mol. The molecule has 0 spiro atoms. The van der Waals surface area contributed by atoms with Gasteiger partial charge in [-0.05, 0) is 69.6 Å². The van der Waals surface area contributed by atoms with Crippen LogP contribution in [0.15, 0.2) is 23.8 Å². The van der Waals surface area contributed by atoms with E-state index in [0.717, 1.165) is 25.7 Å². The highest BCUT2D eigenvalue weighted by Crippen LogP contribution is 2.63. The molecule has 2 fully saturated rings. The molecule has 5 unspecified atom stereocenters. The van der Waals surface area contributed by atoms with Crippen LogP contribution in [0.4, 0.5) is 0 Å². The summed E-state index contributed by atoms with van der Waals surface area (Å²) in [6.45, 7) is 8.85. The molecule has 0 aromatic heterocycles. The van der Waals surface area contributed by atoms with E-state index in [9.17, 15) is 9.90 Å². The fourth-order valence-electron chi connectivity index (χ4n) is 6.29. The van der Waals surface area contributed by atoms with Crippen molar-refractivity contribution in [3.05, 3.63) is 23.8 Å². The van der Waals surface area contributed by atoms with Crippen molar-refractivity contribution >= 4 is 5.97 Å². The zero-order chi connectivity index (χ0) is 16.9. The lowest BCUT2D eigenvalue weighted by Crippen LogP contribution is -2.54. The summed E-state index contributed by atoms with van der Waals surface area (Å²) in [6.07, 6.45) is 14.7. The largest absolute Gasteiger partial charge is 0.481 e. The van der Waals surface area contributed by atoms with E-state index in [0.29, 0.717) is 11.8 Å². The van der Waals surface area contributed by atoms with Crippen molar-refractivity contribution in [2.75, 3.05) is 0 Å². The number of allylic oxidation sites excluding steroid dienone is 4. The summed E-state index contributed by atoms with van der Waals surface area (Å²) in [5.74, 6) is 0.350. The molecule has 1 N–H and O–H groups in total. The van der Waals surface area contributed by atoms with Crippen molar-refractivity contribution in [2.24, 2.45) is 28.1 Å². The van der Waals surface area contributed by atoms with Crippen molar-refractivity contribution in [1.29, 1.82) is 0 Å². The van der Waals surface area contributed by atoms with E-state index in [2.05, 4.69) is 39.0 Å². The van der Waals surface area contributed by atoms with Gasteiger partial charge in [0.1, 0.15) is 0 Å². The van der Waals surface area contributed by atoms with Crippen molar-refractivity contribution < 1.29 is 9.90 Å². The van der Waals surface area contributed by atoms with Crippen LogP contribution >= 0.6 is 0 Å². The molecule has 3 rings (SSSR count). The number of carboxylic acids is 1. The first-order valence-corrected chi connectivity index (χ1v) is 9.34. The van der Waals surface area contributed by atoms with Crippen LogP contribution < -0.4 is 0 Å². The summed E-state index contributed by atoms with van der Waals surface area (Å²) in [5.41, 5.74) is 1.47. The van der Waals surface area contributed by atoms with E-state index in [4.69, 9.17) is 0 Å². The molecular weight excluding hydrogens is 284 g/mol. The van der Waals surface area contributed by atoms with E-state index in [1.807, 2.05) is 6.92 Å². The van der Waals surface area contributed by atoms with Gasteiger partial charge in [0.05, 0.1) is 5.41 Å². The zero-order valence-corrected chi connectivity index (χ0v) is 15.2. The first-order valence-electron chi connectivity index (χ1n) is 9.34. The molecule has 0 aromatic rings. The third-order valence-electron chi connectivity index (χ3n) is 7.46. The highest BCUT2D eigenvalue weighted by atomic mass is 16.4. The Hall–Kier alpha value is -1.05. The third kappa shape index (κ3) is 2.49. The Balaban J connectivity index is 1.97. The van der Waals surface area contributed by atoms with Crippen LogP contribution in [-0.2, 0) is 4.79 Å². The Bertz CT molecular complexity index is 560.